The maximum atomic E-state index is 13.5. The van der Waals surface area contributed by atoms with Crippen LogP contribution in [0.4, 0.5) is 5.69 Å². The molecule has 0 spiro atoms. The third kappa shape index (κ3) is 3.48. The molecular formula is C23H23ClN4O2. The van der Waals surface area contributed by atoms with Crippen LogP contribution in [0.5, 0.6) is 0 Å². The number of carbonyl (C=O) groups is 2. The molecule has 7 heteroatoms. The standard InChI is InChI=1S/C23H23ClN4O2/c1-15-6-4-5-7-19(15)28-21(29)20-12-16(2)26-27(20)14-23(28,3)22(30)25-13-17-8-10-18(24)11-9-17/h4-12H,13-14H2,1-3H3,(H,25,30)/t23-/m0/s1. The van der Waals surface area contributed by atoms with Gasteiger partial charge in [0.25, 0.3) is 5.91 Å². The first-order valence-electron chi connectivity index (χ1n) is 9.77. The minimum Gasteiger partial charge on any atom is -0.350 e. The van der Waals surface area contributed by atoms with Gasteiger partial charge in [-0.25, -0.2) is 0 Å². The van der Waals surface area contributed by atoms with E-state index < -0.39 is 5.54 Å². The van der Waals surface area contributed by atoms with Gasteiger partial charge in [-0.15, -0.1) is 0 Å². The monoisotopic (exact) mass is 422 g/mol. The van der Waals surface area contributed by atoms with Gasteiger partial charge >= 0.3 is 0 Å². The highest BCUT2D eigenvalue weighted by Crippen LogP contribution is 2.34. The Morgan fingerprint density at radius 2 is 1.87 bits per heavy atom. The summed E-state index contributed by atoms with van der Waals surface area (Å²) in [7, 11) is 0. The second kappa shape index (κ2) is 7.61. The van der Waals surface area contributed by atoms with Crippen LogP contribution in [0.2, 0.25) is 5.02 Å². The first kappa shape index (κ1) is 20.2. The number of amides is 2. The lowest BCUT2D eigenvalue weighted by molar-refractivity contribution is -0.126. The second-order valence-corrected chi connectivity index (χ2v) is 8.28. The molecule has 0 radical (unpaired) electrons. The predicted molar refractivity (Wildman–Crippen MR) is 117 cm³/mol. The number of rotatable bonds is 4. The molecule has 1 aliphatic heterocycles. The molecule has 30 heavy (non-hydrogen) atoms. The minimum atomic E-state index is -1.14. The summed E-state index contributed by atoms with van der Waals surface area (Å²) >= 11 is 5.94. The second-order valence-electron chi connectivity index (χ2n) is 7.84. The van der Waals surface area contributed by atoms with Gasteiger partial charge in [0.15, 0.2) is 0 Å². The summed E-state index contributed by atoms with van der Waals surface area (Å²) in [4.78, 5) is 28.5. The van der Waals surface area contributed by atoms with Crippen molar-refractivity contribution in [2.45, 2.75) is 39.4 Å². The van der Waals surface area contributed by atoms with Crippen molar-refractivity contribution in [3.05, 3.63) is 82.1 Å². The predicted octanol–water partition coefficient (Wildman–Crippen LogP) is 3.89. The van der Waals surface area contributed by atoms with Crippen LogP contribution >= 0.6 is 11.6 Å². The lowest BCUT2D eigenvalue weighted by Crippen LogP contribution is -2.64. The van der Waals surface area contributed by atoms with Gasteiger partial charge < -0.3 is 5.32 Å². The van der Waals surface area contributed by atoms with Crippen molar-refractivity contribution in [3.8, 4) is 0 Å². The third-order valence-electron chi connectivity index (χ3n) is 5.49. The molecule has 1 N–H and O–H groups in total. The lowest BCUT2D eigenvalue weighted by Gasteiger charge is -2.43. The van der Waals surface area contributed by atoms with Crippen molar-refractivity contribution >= 4 is 29.1 Å². The number of fused-ring (bicyclic) bond motifs is 1. The summed E-state index contributed by atoms with van der Waals surface area (Å²) in [5.74, 6) is -0.479. The van der Waals surface area contributed by atoms with E-state index in [-0.39, 0.29) is 18.4 Å². The molecule has 1 aliphatic rings. The number of hydrogen-bond donors (Lipinski definition) is 1. The fourth-order valence-corrected chi connectivity index (χ4v) is 4.00. The number of halogens is 1. The highest BCUT2D eigenvalue weighted by Gasteiger charge is 2.49. The van der Waals surface area contributed by atoms with Crippen LogP contribution in [0.25, 0.3) is 0 Å². The SMILES string of the molecule is Cc1cc2n(n1)C[C@@](C)(C(=O)NCc1ccc(Cl)cc1)N(c1ccccc1C)C2=O. The van der Waals surface area contributed by atoms with Crippen LogP contribution in [0, 0.1) is 13.8 Å². The Hall–Kier alpha value is -3.12. The molecule has 1 atom stereocenters. The number of carbonyl (C=O) groups excluding carboxylic acids is 2. The fourth-order valence-electron chi connectivity index (χ4n) is 3.88. The third-order valence-corrected chi connectivity index (χ3v) is 5.74. The van der Waals surface area contributed by atoms with Gasteiger partial charge in [-0.05, 0) is 56.2 Å². The molecule has 6 nitrogen and oxygen atoms in total. The number of anilines is 1. The van der Waals surface area contributed by atoms with E-state index in [1.165, 1.54) is 0 Å². The van der Waals surface area contributed by atoms with Gasteiger partial charge in [0, 0.05) is 17.3 Å². The van der Waals surface area contributed by atoms with Gasteiger partial charge in [-0.3, -0.25) is 19.2 Å². The van der Waals surface area contributed by atoms with E-state index >= 15 is 0 Å². The average molecular weight is 423 g/mol. The zero-order valence-corrected chi connectivity index (χ0v) is 17.9. The van der Waals surface area contributed by atoms with E-state index in [9.17, 15) is 9.59 Å². The number of hydrogen-bond acceptors (Lipinski definition) is 3. The van der Waals surface area contributed by atoms with Crippen LogP contribution in [0.15, 0.2) is 54.6 Å². The summed E-state index contributed by atoms with van der Waals surface area (Å²) in [5.41, 5.74) is 2.66. The molecule has 0 fully saturated rings. The van der Waals surface area contributed by atoms with Crippen LogP contribution in [0.1, 0.15) is 34.2 Å². The molecular weight excluding hydrogens is 400 g/mol. The Balaban J connectivity index is 1.71. The van der Waals surface area contributed by atoms with E-state index in [1.807, 2.05) is 50.2 Å². The smallest absolute Gasteiger partial charge is 0.277 e. The number of benzene rings is 2. The summed E-state index contributed by atoms with van der Waals surface area (Å²) in [6, 6.07) is 16.7. The summed E-state index contributed by atoms with van der Waals surface area (Å²) < 4.78 is 1.63. The lowest BCUT2D eigenvalue weighted by atomic mass is 9.93. The van der Waals surface area contributed by atoms with Gasteiger partial charge in [0.1, 0.15) is 11.2 Å². The van der Waals surface area contributed by atoms with Gasteiger partial charge in [0.2, 0.25) is 5.91 Å². The van der Waals surface area contributed by atoms with E-state index in [4.69, 9.17) is 11.6 Å². The van der Waals surface area contributed by atoms with Gasteiger partial charge in [0.05, 0.1) is 12.2 Å². The van der Waals surface area contributed by atoms with Crippen LogP contribution in [0.3, 0.4) is 0 Å². The molecule has 0 saturated heterocycles. The maximum absolute atomic E-state index is 13.5. The Kier molecular flexibility index (Phi) is 5.12. The Morgan fingerprint density at radius 3 is 2.57 bits per heavy atom. The van der Waals surface area contributed by atoms with E-state index in [2.05, 4.69) is 10.4 Å². The van der Waals surface area contributed by atoms with Crippen molar-refractivity contribution in [1.29, 1.82) is 0 Å². The Morgan fingerprint density at radius 1 is 1.17 bits per heavy atom. The molecule has 0 saturated carbocycles. The first-order chi connectivity index (χ1) is 14.3. The average Bonchev–Trinajstić information content (AvgIpc) is 3.09. The molecule has 3 aromatic rings. The number of para-hydroxylation sites is 1. The van der Waals surface area contributed by atoms with Crippen molar-refractivity contribution in [2.24, 2.45) is 0 Å². The number of aryl methyl sites for hydroxylation is 2. The highest BCUT2D eigenvalue weighted by molar-refractivity contribution is 6.30. The molecule has 0 bridgehead atoms. The van der Waals surface area contributed by atoms with Gasteiger partial charge in [-0.1, -0.05) is 41.9 Å². The molecule has 154 valence electrons. The normalized spacial score (nSPS) is 18.3. The molecule has 0 aliphatic carbocycles. The van der Waals surface area contributed by atoms with Crippen LogP contribution in [-0.4, -0.2) is 27.1 Å². The summed E-state index contributed by atoms with van der Waals surface area (Å²) in [5, 5.41) is 8.06. The molecule has 0 unspecified atom stereocenters. The quantitative estimate of drug-likeness (QED) is 0.693. The molecule has 2 aromatic carbocycles. The zero-order valence-electron chi connectivity index (χ0n) is 17.1. The zero-order chi connectivity index (χ0) is 21.5. The first-order valence-corrected chi connectivity index (χ1v) is 10.1. The van der Waals surface area contributed by atoms with E-state index in [0.717, 1.165) is 22.5 Å². The Bertz CT molecular complexity index is 1120. The molecule has 2 amide bonds. The van der Waals surface area contributed by atoms with Crippen LogP contribution in [-0.2, 0) is 17.9 Å². The summed E-state index contributed by atoms with van der Waals surface area (Å²) in [6.07, 6.45) is 0. The van der Waals surface area contributed by atoms with Gasteiger partial charge in [-0.2, -0.15) is 5.10 Å². The van der Waals surface area contributed by atoms with Crippen molar-refractivity contribution in [3.63, 3.8) is 0 Å². The maximum Gasteiger partial charge on any atom is 0.277 e. The minimum absolute atomic E-state index is 0.236. The number of aromatic nitrogens is 2. The summed E-state index contributed by atoms with van der Waals surface area (Å²) in [6.45, 7) is 6.17. The molecule has 2 heterocycles. The van der Waals surface area contributed by atoms with E-state index in [0.29, 0.717) is 17.3 Å². The Labute approximate surface area is 180 Å². The fraction of sp³-hybridized carbons (Fsp3) is 0.261. The van der Waals surface area contributed by atoms with E-state index in [1.54, 1.807) is 34.7 Å². The topological polar surface area (TPSA) is 67.2 Å². The molecule has 1 aromatic heterocycles. The number of nitrogens with one attached hydrogen (secondary N) is 1. The largest absolute Gasteiger partial charge is 0.350 e. The van der Waals surface area contributed by atoms with Crippen molar-refractivity contribution in [2.75, 3.05) is 4.90 Å². The van der Waals surface area contributed by atoms with Crippen LogP contribution < -0.4 is 10.2 Å². The van der Waals surface area contributed by atoms with Crippen molar-refractivity contribution in [1.82, 2.24) is 15.1 Å². The van der Waals surface area contributed by atoms with Crippen molar-refractivity contribution < 1.29 is 9.59 Å². The number of nitrogens with zero attached hydrogens (tertiary/aromatic N) is 3. The molecule has 4 rings (SSSR count). The highest BCUT2D eigenvalue weighted by atomic mass is 35.5.